The summed E-state index contributed by atoms with van der Waals surface area (Å²) in [5, 5.41) is 2.71. The van der Waals surface area contributed by atoms with Crippen molar-refractivity contribution in [3.8, 4) is 0 Å². The van der Waals surface area contributed by atoms with Crippen LogP contribution in [0.3, 0.4) is 0 Å². The van der Waals surface area contributed by atoms with E-state index in [1.165, 1.54) is 12.1 Å². The third-order valence-electron chi connectivity index (χ3n) is 2.36. The quantitative estimate of drug-likeness (QED) is 0.802. The Hall–Kier alpha value is -1.36. The highest BCUT2D eigenvalue weighted by molar-refractivity contribution is 9.10. The van der Waals surface area contributed by atoms with Crippen LogP contribution < -0.4 is 5.32 Å². The van der Waals surface area contributed by atoms with Crippen molar-refractivity contribution in [2.75, 3.05) is 0 Å². The second-order valence-corrected chi connectivity index (χ2v) is 6.41. The SMILES string of the molecule is C=CC[C@H](OC(=O)NC(C)(C)C)c1cc(F)cc(Br)c1. The Morgan fingerprint density at radius 1 is 1.50 bits per heavy atom. The largest absolute Gasteiger partial charge is 0.441 e. The van der Waals surface area contributed by atoms with Crippen LogP contribution in [0.5, 0.6) is 0 Å². The van der Waals surface area contributed by atoms with Crippen LogP contribution in [0.15, 0.2) is 35.3 Å². The fourth-order valence-electron chi connectivity index (χ4n) is 1.63. The molecule has 0 unspecified atom stereocenters. The predicted molar refractivity (Wildman–Crippen MR) is 81.0 cm³/mol. The van der Waals surface area contributed by atoms with Gasteiger partial charge in [0.15, 0.2) is 0 Å². The van der Waals surface area contributed by atoms with Crippen molar-refractivity contribution in [2.24, 2.45) is 0 Å². The molecule has 0 saturated heterocycles. The van der Waals surface area contributed by atoms with Gasteiger partial charge in [0.05, 0.1) is 0 Å². The Kier molecular flexibility index (Phi) is 5.74. The summed E-state index contributed by atoms with van der Waals surface area (Å²) in [5.74, 6) is -0.386. The highest BCUT2D eigenvalue weighted by Crippen LogP contribution is 2.26. The molecule has 0 saturated carbocycles. The molecule has 1 aromatic rings. The Morgan fingerprint density at radius 3 is 2.65 bits per heavy atom. The minimum atomic E-state index is -0.568. The first-order valence-electron chi connectivity index (χ1n) is 6.27. The van der Waals surface area contributed by atoms with E-state index in [0.29, 0.717) is 16.5 Å². The fourth-order valence-corrected chi connectivity index (χ4v) is 2.11. The van der Waals surface area contributed by atoms with Gasteiger partial charge in [0.2, 0.25) is 0 Å². The molecule has 1 aromatic carbocycles. The van der Waals surface area contributed by atoms with Gasteiger partial charge in [0.25, 0.3) is 0 Å². The summed E-state index contributed by atoms with van der Waals surface area (Å²) in [6.45, 7) is 9.21. The Bertz CT molecular complexity index is 477. The summed E-state index contributed by atoms with van der Waals surface area (Å²) < 4.78 is 19.4. The summed E-state index contributed by atoms with van der Waals surface area (Å²) in [4.78, 5) is 11.8. The number of benzene rings is 1. The maximum atomic E-state index is 13.4. The summed E-state index contributed by atoms with van der Waals surface area (Å²) in [7, 11) is 0. The number of hydrogen-bond acceptors (Lipinski definition) is 2. The molecule has 1 rings (SSSR count). The zero-order valence-electron chi connectivity index (χ0n) is 11.9. The molecule has 0 aliphatic rings. The Balaban J connectivity index is 2.88. The van der Waals surface area contributed by atoms with Crippen molar-refractivity contribution in [3.05, 3.63) is 46.7 Å². The third kappa shape index (κ3) is 5.74. The van der Waals surface area contributed by atoms with Crippen LogP contribution in [-0.4, -0.2) is 11.6 Å². The molecule has 0 aromatic heterocycles. The van der Waals surface area contributed by atoms with Gasteiger partial charge < -0.3 is 10.1 Å². The minimum absolute atomic E-state index is 0.386. The topological polar surface area (TPSA) is 38.3 Å². The molecule has 0 spiro atoms. The fraction of sp³-hybridized carbons (Fsp3) is 0.400. The summed E-state index contributed by atoms with van der Waals surface area (Å²) in [6.07, 6.45) is 0.938. The maximum absolute atomic E-state index is 13.4. The molecule has 1 atom stereocenters. The van der Waals surface area contributed by atoms with Gasteiger partial charge in [-0.05, 0) is 44.5 Å². The van der Waals surface area contributed by atoms with Crippen LogP contribution in [0.4, 0.5) is 9.18 Å². The number of carbonyl (C=O) groups excluding carboxylic acids is 1. The maximum Gasteiger partial charge on any atom is 0.408 e. The molecule has 1 N–H and O–H groups in total. The summed E-state index contributed by atoms with van der Waals surface area (Å²) in [5.41, 5.74) is 0.194. The highest BCUT2D eigenvalue weighted by atomic mass is 79.9. The molecular weight excluding hydrogens is 325 g/mol. The average Bonchev–Trinajstić information content (AvgIpc) is 2.24. The smallest absolute Gasteiger partial charge is 0.408 e. The van der Waals surface area contributed by atoms with Gasteiger partial charge in [0, 0.05) is 16.4 Å². The molecule has 20 heavy (non-hydrogen) atoms. The second kappa shape index (κ2) is 6.88. The van der Waals surface area contributed by atoms with Crippen LogP contribution in [-0.2, 0) is 4.74 Å². The Labute approximate surface area is 127 Å². The van der Waals surface area contributed by atoms with Gasteiger partial charge in [-0.25, -0.2) is 9.18 Å². The van der Waals surface area contributed by atoms with Crippen molar-refractivity contribution in [1.29, 1.82) is 0 Å². The number of rotatable bonds is 4. The van der Waals surface area contributed by atoms with Crippen molar-refractivity contribution in [2.45, 2.75) is 38.8 Å². The zero-order valence-corrected chi connectivity index (χ0v) is 13.5. The van der Waals surface area contributed by atoms with Crippen LogP contribution in [0.2, 0.25) is 0 Å². The predicted octanol–water partition coefficient (Wildman–Crippen LogP) is 4.73. The van der Waals surface area contributed by atoms with Crippen molar-refractivity contribution in [3.63, 3.8) is 0 Å². The molecular formula is C15H19BrFNO2. The van der Waals surface area contributed by atoms with Gasteiger partial charge in [-0.15, -0.1) is 6.58 Å². The van der Waals surface area contributed by atoms with Crippen molar-refractivity contribution >= 4 is 22.0 Å². The number of ether oxygens (including phenoxy) is 1. The van der Waals surface area contributed by atoms with E-state index in [1.807, 2.05) is 20.8 Å². The number of nitrogens with one attached hydrogen (secondary N) is 1. The van der Waals surface area contributed by atoms with E-state index in [4.69, 9.17) is 4.74 Å². The van der Waals surface area contributed by atoms with E-state index in [9.17, 15) is 9.18 Å². The Morgan fingerprint density at radius 2 is 2.15 bits per heavy atom. The van der Waals surface area contributed by atoms with Crippen LogP contribution in [0.25, 0.3) is 0 Å². The van der Waals surface area contributed by atoms with E-state index in [0.717, 1.165) is 0 Å². The van der Waals surface area contributed by atoms with Crippen molar-refractivity contribution < 1.29 is 13.9 Å². The number of hydrogen-bond donors (Lipinski definition) is 1. The lowest BCUT2D eigenvalue weighted by Gasteiger charge is -2.23. The van der Waals surface area contributed by atoms with Gasteiger partial charge >= 0.3 is 6.09 Å². The highest BCUT2D eigenvalue weighted by Gasteiger charge is 2.20. The molecule has 5 heteroatoms. The van der Waals surface area contributed by atoms with Crippen molar-refractivity contribution in [1.82, 2.24) is 5.32 Å². The standard InChI is InChI=1S/C15H19BrFNO2/c1-5-6-13(20-14(19)18-15(2,3)4)10-7-11(16)9-12(17)8-10/h5,7-9,13H,1,6H2,2-4H3,(H,18,19)/t13-/m0/s1. The lowest BCUT2D eigenvalue weighted by Crippen LogP contribution is -2.41. The molecule has 1 amide bonds. The number of halogens is 2. The molecule has 0 heterocycles. The molecule has 0 aliphatic heterocycles. The second-order valence-electron chi connectivity index (χ2n) is 5.50. The normalized spacial score (nSPS) is 12.7. The zero-order chi connectivity index (χ0) is 15.3. The van der Waals surface area contributed by atoms with E-state index in [1.54, 1.807) is 12.1 Å². The van der Waals surface area contributed by atoms with Gasteiger partial charge in [-0.2, -0.15) is 0 Å². The first-order valence-corrected chi connectivity index (χ1v) is 7.06. The van der Waals surface area contributed by atoms with Gasteiger partial charge in [-0.1, -0.05) is 22.0 Å². The molecule has 3 nitrogen and oxygen atoms in total. The van der Waals surface area contributed by atoms with E-state index in [2.05, 4.69) is 27.8 Å². The first-order chi connectivity index (χ1) is 9.21. The monoisotopic (exact) mass is 343 g/mol. The van der Waals surface area contributed by atoms with E-state index < -0.39 is 17.7 Å². The number of alkyl carbamates (subject to hydrolysis) is 1. The average molecular weight is 344 g/mol. The van der Waals surface area contributed by atoms with E-state index in [-0.39, 0.29) is 5.82 Å². The third-order valence-corrected chi connectivity index (χ3v) is 2.82. The van der Waals surface area contributed by atoms with Gasteiger partial charge in [-0.3, -0.25) is 0 Å². The van der Waals surface area contributed by atoms with Crippen LogP contribution >= 0.6 is 15.9 Å². The van der Waals surface area contributed by atoms with Crippen LogP contribution in [0.1, 0.15) is 38.9 Å². The number of carbonyl (C=O) groups is 1. The van der Waals surface area contributed by atoms with Crippen LogP contribution in [0, 0.1) is 5.82 Å². The van der Waals surface area contributed by atoms with E-state index >= 15 is 0 Å². The van der Waals surface area contributed by atoms with Gasteiger partial charge in [0.1, 0.15) is 11.9 Å². The molecule has 110 valence electrons. The molecule has 0 fully saturated rings. The molecule has 0 bridgehead atoms. The number of amides is 1. The first kappa shape index (κ1) is 16.7. The lowest BCUT2D eigenvalue weighted by molar-refractivity contribution is 0.0922. The molecule has 0 radical (unpaired) electrons. The lowest BCUT2D eigenvalue weighted by atomic mass is 10.1. The molecule has 0 aliphatic carbocycles. The minimum Gasteiger partial charge on any atom is -0.441 e. The summed E-state index contributed by atoms with van der Waals surface area (Å²) >= 11 is 3.23. The summed E-state index contributed by atoms with van der Waals surface area (Å²) in [6, 6.07) is 4.43.